The zero-order valence-electron chi connectivity index (χ0n) is 23.8. The van der Waals surface area contributed by atoms with E-state index in [1.807, 2.05) is 72.6 Å². The van der Waals surface area contributed by atoms with Gasteiger partial charge in [0, 0.05) is 28.0 Å². The molecular weight excluding hydrogens is 595 g/mol. The average molecular weight is 624 g/mol. The smallest absolute Gasteiger partial charge is 0.238 e. The van der Waals surface area contributed by atoms with Crippen molar-refractivity contribution in [2.45, 2.75) is 30.8 Å². The van der Waals surface area contributed by atoms with Crippen LogP contribution in [-0.2, 0) is 10.2 Å². The predicted octanol–water partition coefficient (Wildman–Crippen LogP) is 7.76. The lowest BCUT2D eigenvalue weighted by Gasteiger charge is -2.38. The summed E-state index contributed by atoms with van der Waals surface area (Å²) in [5.41, 5.74) is 2.29. The molecule has 1 spiro atoms. The van der Waals surface area contributed by atoms with E-state index in [9.17, 15) is 14.4 Å². The lowest BCUT2D eigenvalue weighted by molar-refractivity contribution is -0.122. The number of anilines is 1. The fourth-order valence-corrected chi connectivity index (χ4v) is 7.63. The summed E-state index contributed by atoms with van der Waals surface area (Å²) in [6, 6.07) is 25.2. The Morgan fingerprint density at radius 2 is 1.68 bits per heavy atom. The van der Waals surface area contributed by atoms with Crippen LogP contribution < -0.4 is 10.1 Å². The van der Waals surface area contributed by atoms with Crippen molar-refractivity contribution >= 4 is 52.4 Å². The van der Waals surface area contributed by atoms with Crippen molar-refractivity contribution in [2.24, 2.45) is 5.92 Å². The average Bonchev–Trinajstić information content (AvgIpc) is 3.51. The van der Waals surface area contributed by atoms with E-state index in [1.165, 1.54) is 6.07 Å². The van der Waals surface area contributed by atoms with Crippen LogP contribution in [0.3, 0.4) is 0 Å². The molecule has 4 atom stereocenters. The number of para-hydroxylation sites is 1. The van der Waals surface area contributed by atoms with Gasteiger partial charge in [-0.1, -0.05) is 72.6 Å². The summed E-state index contributed by atoms with van der Waals surface area (Å²) in [5, 5.41) is 3.64. The minimum absolute atomic E-state index is 0.182. The number of halogens is 2. The molecule has 3 aliphatic heterocycles. The lowest BCUT2D eigenvalue weighted by Crippen LogP contribution is -2.49. The number of carbonyl (C=O) groups excluding carboxylic acids is 3. The van der Waals surface area contributed by atoms with Crippen molar-refractivity contribution in [1.29, 1.82) is 0 Å². The maximum absolute atomic E-state index is 15.0. The number of ketones is 2. The Kier molecular flexibility index (Phi) is 7.07. The van der Waals surface area contributed by atoms with Crippen LogP contribution in [0.5, 0.6) is 5.75 Å². The Labute approximate surface area is 265 Å². The third kappa shape index (κ3) is 4.20. The molecule has 1 fully saturated rings. The van der Waals surface area contributed by atoms with Crippen LogP contribution in [-0.4, -0.2) is 35.0 Å². The third-order valence-electron chi connectivity index (χ3n) is 8.93. The predicted molar refractivity (Wildman–Crippen MR) is 171 cm³/mol. The molecule has 0 saturated carbocycles. The Balaban J connectivity index is 1.48. The molecule has 4 unspecified atom stereocenters. The van der Waals surface area contributed by atoms with Crippen molar-refractivity contribution in [3.63, 3.8) is 0 Å². The molecule has 6 nitrogen and oxygen atoms in total. The van der Waals surface area contributed by atoms with Crippen LogP contribution >= 0.6 is 23.2 Å². The molecular formula is C36H28Cl2N2O4. The highest BCUT2D eigenvalue weighted by Crippen LogP contribution is 2.62. The van der Waals surface area contributed by atoms with Gasteiger partial charge in [0.2, 0.25) is 5.91 Å². The minimum Gasteiger partial charge on any atom is -0.494 e. The number of nitrogens with one attached hydrogen (secondary N) is 1. The van der Waals surface area contributed by atoms with Crippen LogP contribution in [0.15, 0.2) is 97.2 Å². The van der Waals surface area contributed by atoms with Gasteiger partial charge in [-0.3, -0.25) is 14.4 Å². The number of amides is 1. The zero-order chi connectivity index (χ0) is 30.6. The number of benzene rings is 4. The fraction of sp³-hybridized carbons (Fsp3) is 0.194. The van der Waals surface area contributed by atoms with E-state index >= 15 is 0 Å². The molecule has 0 aliphatic carbocycles. The van der Waals surface area contributed by atoms with Gasteiger partial charge in [0.1, 0.15) is 17.2 Å². The molecule has 0 radical (unpaired) electrons. The van der Waals surface area contributed by atoms with Crippen LogP contribution in [0, 0.1) is 5.92 Å². The second kappa shape index (κ2) is 11.0. The van der Waals surface area contributed by atoms with E-state index in [4.69, 9.17) is 27.9 Å². The first-order chi connectivity index (χ1) is 21.4. The first-order valence-electron chi connectivity index (χ1n) is 14.6. The molecule has 3 aliphatic rings. The summed E-state index contributed by atoms with van der Waals surface area (Å²) < 4.78 is 5.76. The molecule has 4 aromatic rings. The van der Waals surface area contributed by atoms with Gasteiger partial charge in [-0.2, -0.15) is 0 Å². The topological polar surface area (TPSA) is 75.7 Å². The van der Waals surface area contributed by atoms with Crippen molar-refractivity contribution in [2.75, 3.05) is 11.9 Å². The Morgan fingerprint density at radius 1 is 0.932 bits per heavy atom. The summed E-state index contributed by atoms with van der Waals surface area (Å²) >= 11 is 12.8. The van der Waals surface area contributed by atoms with Gasteiger partial charge < -0.3 is 15.0 Å². The first kappa shape index (κ1) is 28.4. The van der Waals surface area contributed by atoms with Crippen LogP contribution in [0.1, 0.15) is 56.8 Å². The van der Waals surface area contributed by atoms with Crippen LogP contribution in [0.2, 0.25) is 10.0 Å². The van der Waals surface area contributed by atoms with Gasteiger partial charge in [-0.05, 0) is 77.7 Å². The van der Waals surface area contributed by atoms with Crippen LogP contribution in [0.4, 0.5) is 5.69 Å². The fourth-order valence-electron chi connectivity index (χ4n) is 7.13. The van der Waals surface area contributed by atoms with Gasteiger partial charge >= 0.3 is 0 Å². The van der Waals surface area contributed by atoms with Gasteiger partial charge in [0.05, 0.1) is 23.6 Å². The summed E-state index contributed by atoms with van der Waals surface area (Å²) in [6.07, 6.45) is 4.61. The quantitative estimate of drug-likeness (QED) is 0.213. The van der Waals surface area contributed by atoms with Crippen molar-refractivity contribution in [1.82, 2.24) is 4.90 Å². The van der Waals surface area contributed by atoms with Crippen LogP contribution in [0.25, 0.3) is 6.08 Å². The number of ether oxygens (including phenoxy) is 1. The molecule has 3 heterocycles. The number of fused-ring (bicyclic) bond motifs is 6. The number of rotatable bonds is 7. The molecule has 0 bridgehead atoms. The highest BCUT2D eigenvalue weighted by atomic mass is 35.5. The summed E-state index contributed by atoms with van der Waals surface area (Å²) in [6.45, 7) is 2.57. The van der Waals surface area contributed by atoms with Crippen molar-refractivity contribution in [3.8, 4) is 5.75 Å². The molecule has 1 N–H and O–H groups in total. The number of nitrogens with zero attached hydrogens (tertiary/aromatic N) is 1. The third-order valence-corrected chi connectivity index (χ3v) is 9.48. The molecule has 7 rings (SSSR count). The molecule has 1 saturated heterocycles. The zero-order valence-corrected chi connectivity index (χ0v) is 25.3. The summed E-state index contributed by atoms with van der Waals surface area (Å²) in [5.74, 6) is -1.46. The monoisotopic (exact) mass is 622 g/mol. The largest absolute Gasteiger partial charge is 0.494 e. The summed E-state index contributed by atoms with van der Waals surface area (Å²) in [7, 11) is 0. The van der Waals surface area contributed by atoms with Gasteiger partial charge in [0.25, 0.3) is 0 Å². The van der Waals surface area contributed by atoms with E-state index in [0.29, 0.717) is 34.2 Å². The van der Waals surface area contributed by atoms with E-state index in [2.05, 4.69) is 5.32 Å². The maximum atomic E-state index is 15.0. The second-order valence-electron chi connectivity index (χ2n) is 11.3. The minimum atomic E-state index is -1.43. The molecule has 4 aromatic carbocycles. The van der Waals surface area contributed by atoms with Gasteiger partial charge in [0.15, 0.2) is 11.6 Å². The standard InChI is InChI=1S/C36H28Cl2N2O4/c1-2-19-44-24-14-11-22(12-15-24)32(41)30-31(33(42)26-16-13-23(37)20-28(26)38)40-18-17-21-7-3-4-8-25(21)34(40)36(30)27-9-5-6-10-29(27)39-35(36)43/h3-18,20,30-31,34H,2,19H2,1H3,(H,39,43). The van der Waals surface area contributed by atoms with Gasteiger partial charge in [-0.25, -0.2) is 0 Å². The summed E-state index contributed by atoms with van der Waals surface area (Å²) in [4.78, 5) is 46.1. The molecule has 220 valence electrons. The lowest BCUT2D eigenvalue weighted by atomic mass is 9.62. The Morgan fingerprint density at radius 3 is 2.45 bits per heavy atom. The molecule has 44 heavy (non-hydrogen) atoms. The number of hydrogen-bond donors (Lipinski definition) is 1. The first-order valence-corrected chi connectivity index (χ1v) is 15.3. The van der Waals surface area contributed by atoms with E-state index in [1.54, 1.807) is 36.4 Å². The van der Waals surface area contributed by atoms with E-state index in [-0.39, 0.29) is 28.1 Å². The normalized spacial score (nSPS) is 22.8. The molecule has 0 aromatic heterocycles. The highest BCUT2D eigenvalue weighted by Gasteiger charge is 2.70. The van der Waals surface area contributed by atoms with Crippen molar-refractivity contribution < 1.29 is 19.1 Å². The van der Waals surface area contributed by atoms with E-state index < -0.39 is 23.4 Å². The van der Waals surface area contributed by atoms with Crippen molar-refractivity contribution in [3.05, 3.63) is 135 Å². The Hall–Kier alpha value is -4.39. The maximum Gasteiger partial charge on any atom is 0.238 e. The van der Waals surface area contributed by atoms with Gasteiger partial charge in [-0.15, -0.1) is 0 Å². The number of carbonyl (C=O) groups is 3. The number of hydrogen-bond acceptors (Lipinski definition) is 5. The second-order valence-corrected chi connectivity index (χ2v) is 12.2. The number of Topliss-reactive ketones (excluding diaryl/α,β-unsaturated/α-hetero) is 2. The van der Waals surface area contributed by atoms with E-state index in [0.717, 1.165) is 17.5 Å². The SMILES string of the molecule is CCCOc1ccc(C(=O)C2C(C(=O)c3ccc(Cl)cc3Cl)N3C=Cc4ccccc4C3C23C(=O)Nc2ccccc23)cc1. The Bertz CT molecular complexity index is 1850. The molecule has 8 heteroatoms. The molecule has 1 amide bonds. The highest BCUT2D eigenvalue weighted by molar-refractivity contribution is 6.37.